The van der Waals surface area contributed by atoms with E-state index in [0.29, 0.717) is 19.4 Å². The highest BCUT2D eigenvalue weighted by atomic mass is 19.4. The third kappa shape index (κ3) is 5.99. The summed E-state index contributed by atoms with van der Waals surface area (Å²) in [5.74, 6) is 0.581. The molecule has 1 aromatic heterocycles. The fraction of sp³-hybridized carbons (Fsp3) is 0.548. The highest BCUT2D eigenvalue weighted by molar-refractivity contribution is 5.84. The van der Waals surface area contributed by atoms with Gasteiger partial charge in [0.15, 0.2) is 0 Å². The Balaban J connectivity index is 1.27. The van der Waals surface area contributed by atoms with Crippen molar-refractivity contribution >= 4 is 17.0 Å². The number of aryl methyl sites for hydroxylation is 2. The number of esters is 1. The number of carbonyl (C=O) groups is 1. The molecule has 3 aliphatic rings. The lowest BCUT2D eigenvalue weighted by molar-refractivity contribution is -0.188. The van der Waals surface area contributed by atoms with Gasteiger partial charge in [-0.25, -0.2) is 4.98 Å². The molecule has 1 fully saturated rings. The van der Waals surface area contributed by atoms with E-state index in [1.165, 1.54) is 5.56 Å². The molecule has 216 valence electrons. The minimum atomic E-state index is -4.59. The molecule has 3 aromatic rings. The zero-order valence-electron chi connectivity index (χ0n) is 23.4. The Morgan fingerprint density at radius 2 is 1.93 bits per heavy atom. The molecule has 1 saturated carbocycles. The minimum Gasteiger partial charge on any atom is -0.494 e. The second kappa shape index (κ2) is 11.4. The molecule has 0 saturated heterocycles. The molecular formula is C31H38F3N3O3. The van der Waals surface area contributed by atoms with Crippen molar-refractivity contribution in [2.45, 2.75) is 81.9 Å². The minimum absolute atomic E-state index is 0.0956. The maximum atomic E-state index is 13.1. The molecule has 3 atom stereocenters. The predicted octanol–water partition coefficient (Wildman–Crippen LogP) is 6.82. The van der Waals surface area contributed by atoms with E-state index in [0.717, 1.165) is 72.4 Å². The molecule has 0 spiro atoms. The SMILES string of the molecule is COc1ccc(C)c2nc(CCCN(C)CC[C@]3(OC(=O)CC(F)(F)F)C[C@H]4CCC[C@@H]3c3ccccc34)[nH]c12. The number of hydrogen-bond acceptors (Lipinski definition) is 5. The van der Waals surface area contributed by atoms with Gasteiger partial charge in [-0.05, 0) is 74.9 Å². The van der Waals surface area contributed by atoms with Crippen molar-refractivity contribution in [1.29, 1.82) is 0 Å². The van der Waals surface area contributed by atoms with Gasteiger partial charge >= 0.3 is 12.1 Å². The van der Waals surface area contributed by atoms with Gasteiger partial charge < -0.3 is 19.4 Å². The van der Waals surface area contributed by atoms with Crippen molar-refractivity contribution in [2.75, 3.05) is 27.2 Å². The largest absolute Gasteiger partial charge is 0.494 e. The van der Waals surface area contributed by atoms with Crippen LogP contribution in [-0.4, -0.2) is 59.9 Å². The maximum Gasteiger partial charge on any atom is 0.399 e. The van der Waals surface area contributed by atoms with Gasteiger partial charge in [0.1, 0.15) is 29.1 Å². The summed E-state index contributed by atoms with van der Waals surface area (Å²) in [7, 11) is 3.66. The lowest BCUT2D eigenvalue weighted by Gasteiger charge is -2.46. The number of nitrogens with one attached hydrogen (secondary N) is 1. The van der Waals surface area contributed by atoms with E-state index in [4.69, 9.17) is 14.5 Å². The summed E-state index contributed by atoms with van der Waals surface area (Å²) in [5, 5.41) is 0. The lowest BCUT2D eigenvalue weighted by atomic mass is 9.67. The number of imidazole rings is 1. The van der Waals surface area contributed by atoms with Gasteiger partial charge in [-0.2, -0.15) is 13.2 Å². The van der Waals surface area contributed by atoms with E-state index in [1.54, 1.807) is 7.11 Å². The molecule has 0 amide bonds. The van der Waals surface area contributed by atoms with Crippen molar-refractivity contribution in [3.63, 3.8) is 0 Å². The van der Waals surface area contributed by atoms with Crippen LogP contribution in [0.2, 0.25) is 0 Å². The Morgan fingerprint density at radius 1 is 1.15 bits per heavy atom. The number of rotatable bonds is 10. The molecule has 0 aliphatic heterocycles. The number of hydrogen-bond donors (Lipinski definition) is 1. The van der Waals surface area contributed by atoms with Gasteiger partial charge in [-0.15, -0.1) is 0 Å². The van der Waals surface area contributed by atoms with Crippen LogP contribution in [-0.2, 0) is 16.0 Å². The van der Waals surface area contributed by atoms with Crippen LogP contribution in [0.5, 0.6) is 5.75 Å². The number of benzene rings is 2. The van der Waals surface area contributed by atoms with Crippen LogP contribution < -0.4 is 4.74 Å². The third-order valence-electron chi connectivity index (χ3n) is 8.69. The number of nitrogens with zero attached hydrogens (tertiary/aromatic N) is 2. The van der Waals surface area contributed by atoms with Crippen molar-refractivity contribution in [3.05, 3.63) is 58.9 Å². The normalized spacial score (nSPS) is 22.4. The third-order valence-corrected chi connectivity index (χ3v) is 8.69. The van der Waals surface area contributed by atoms with E-state index in [9.17, 15) is 18.0 Å². The van der Waals surface area contributed by atoms with Gasteiger partial charge in [-0.1, -0.05) is 36.8 Å². The molecule has 9 heteroatoms. The van der Waals surface area contributed by atoms with Crippen LogP contribution in [0.3, 0.4) is 0 Å². The summed E-state index contributed by atoms with van der Waals surface area (Å²) in [5.41, 5.74) is 4.36. The first-order valence-corrected chi connectivity index (χ1v) is 14.2. The number of methoxy groups -OCH3 is 1. The number of ether oxygens (including phenoxy) is 2. The van der Waals surface area contributed by atoms with Gasteiger partial charge in [0.05, 0.1) is 12.6 Å². The van der Waals surface area contributed by atoms with Crippen LogP contribution in [0.1, 0.15) is 79.3 Å². The molecule has 1 heterocycles. The standard InChI is InChI=1S/C31H38F3N3O3/c1-20-13-14-25(39-3)29-28(20)35-26(36-29)12-7-16-37(2)17-15-30(40-27(38)19-31(32,33)34)18-21-8-6-11-24(30)23-10-5-4-9-22(21)23/h4-5,9-10,13-14,21,24H,6-8,11-12,15-19H2,1-3H3,(H,35,36)/t21-,24-,30+/m1/s1. The Kier molecular flexibility index (Phi) is 8.13. The molecule has 6 rings (SSSR count). The zero-order chi connectivity index (χ0) is 28.5. The van der Waals surface area contributed by atoms with Crippen molar-refractivity contribution in [1.82, 2.24) is 14.9 Å². The Morgan fingerprint density at radius 3 is 2.67 bits per heavy atom. The van der Waals surface area contributed by atoms with E-state index in [-0.39, 0.29) is 11.8 Å². The summed E-state index contributed by atoms with van der Waals surface area (Å²) < 4.78 is 50.7. The molecule has 40 heavy (non-hydrogen) atoms. The number of aromatic nitrogens is 2. The van der Waals surface area contributed by atoms with E-state index < -0.39 is 24.2 Å². The second-order valence-corrected chi connectivity index (χ2v) is 11.5. The molecule has 6 nitrogen and oxygen atoms in total. The summed E-state index contributed by atoms with van der Waals surface area (Å²) >= 11 is 0. The van der Waals surface area contributed by atoms with Gasteiger partial charge in [0.2, 0.25) is 0 Å². The van der Waals surface area contributed by atoms with Gasteiger partial charge in [0.25, 0.3) is 0 Å². The smallest absolute Gasteiger partial charge is 0.399 e. The Hall–Kier alpha value is -3.07. The summed E-state index contributed by atoms with van der Waals surface area (Å²) in [4.78, 5) is 22.9. The number of alkyl halides is 3. The highest BCUT2D eigenvalue weighted by Gasteiger charge is 2.51. The number of fused-ring (bicyclic) bond motifs is 4. The van der Waals surface area contributed by atoms with Crippen LogP contribution in [0.4, 0.5) is 13.2 Å². The molecule has 2 aromatic carbocycles. The topological polar surface area (TPSA) is 67.5 Å². The van der Waals surface area contributed by atoms with Crippen molar-refractivity contribution < 1.29 is 27.4 Å². The average molecular weight is 558 g/mol. The molecule has 0 radical (unpaired) electrons. The first-order chi connectivity index (χ1) is 19.1. The molecular weight excluding hydrogens is 519 g/mol. The number of halogens is 3. The van der Waals surface area contributed by atoms with Crippen LogP contribution >= 0.6 is 0 Å². The van der Waals surface area contributed by atoms with Crippen molar-refractivity contribution in [2.24, 2.45) is 0 Å². The first kappa shape index (κ1) is 28.5. The van der Waals surface area contributed by atoms with Gasteiger partial charge in [-0.3, -0.25) is 4.79 Å². The monoisotopic (exact) mass is 557 g/mol. The summed E-state index contributed by atoms with van der Waals surface area (Å²) in [6, 6.07) is 12.1. The summed E-state index contributed by atoms with van der Waals surface area (Å²) in [6.45, 7) is 3.43. The van der Waals surface area contributed by atoms with E-state index in [1.807, 2.05) is 38.2 Å². The Bertz CT molecular complexity index is 1350. The van der Waals surface area contributed by atoms with Crippen LogP contribution in [0, 0.1) is 6.92 Å². The number of carbonyl (C=O) groups excluding carboxylic acids is 1. The average Bonchev–Trinajstić information content (AvgIpc) is 3.14. The fourth-order valence-corrected chi connectivity index (χ4v) is 6.81. The first-order valence-electron chi connectivity index (χ1n) is 14.2. The molecule has 1 N–H and O–H groups in total. The maximum absolute atomic E-state index is 13.1. The second-order valence-electron chi connectivity index (χ2n) is 11.5. The number of aromatic amines is 1. The fourth-order valence-electron chi connectivity index (χ4n) is 6.81. The van der Waals surface area contributed by atoms with Crippen LogP contribution in [0.25, 0.3) is 11.0 Å². The van der Waals surface area contributed by atoms with Gasteiger partial charge in [0, 0.05) is 25.3 Å². The molecule has 0 unspecified atom stereocenters. The lowest BCUT2D eigenvalue weighted by Crippen LogP contribution is -2.47. The zero-order valence-corrected chi connectivity index (χ0v) is 23.4. The highest BCUT2D eigenvalue weighted by Crippen LogP contribution is 2.55. The quantitative estimate of drug-likeness (QED) is 0.277. The van der Waals surface area contributed by atoms with Crippen LogP contribution in [0.15, 0.2) is 36.4 Å². The number of H-pyrrole nitrogens is 1. The van der Waals surface area contributed by atoms with E-state index in [2.05, 4.69) is 22.0 Å². The molecule has 2 bridgehead atoms. The Labute approximate surface area is 233 Å². The molecule has 3 aliphatic carbocycles. The summed E-state index contributed by atoms with van der Waals surface area (Å²) in [6.07, 6.45) is -0.703. The predicted molar refractivity (Wildman–Crippen MR) is 148 cm³/mol. The van der Waals surface area contributed by atoms with E-state index >= 15 is 0 Å². The van der Waals surface area contributed by atoms with Crippen molar-refractivity contribution in [3.8, 4) is 5.75 Å².